The number of hydrogen-bond acceptors (Lipinski definition) is 3. The molecule has 94 valence electrons. The molecule has 3 nitrogen and oxygen atoms in total. The topological polar surface area (TPSA) is 35.5 Å². The average Bonchev–Trinajstić information content (AvgIpc) is 2.30. The minimum absolute atomic E-state index is 0.431. The Bertz CT molecular complexity index is 294. The summed E-state index contributed by atoms with van der Waals surface area (Å²) in [4.78, 5) is 9.18. The first-order valence-electron chi connectivity index (χ1n) is 6.07. The lowest BCUT2D eigenvalue weighted by atomic mass is 9.96. The van der Waals surface area contributed by atoms with E-state index in [1.807, 2.05) is 6.07 Å². The predicted molar refractivity (Wildman–Crippen MR) is 66.6 cm³/mol. The van der Waals surface area contributed by atoms with Crippen molar-refractivity contribution >= 4 is 6.47 Å². The summed E-state index contributed by atoms with van der Waals surface area (Å²) in [7, 11) is 0. The van der Waals surface area contributed by atoms with Crippen LogP contribution in [-0.4, -0.2) is 19.2 Å². The standard InChI is InChI=1S/C11H14O.C3H6O2/c1-2-5-10(6-3-1)9-12-11-7-4-8-11;1-2-5-3-4/h1-3,5-6,11H,4,7-9H2;3H,2H2,1H3. The Labute approximate surface area is 103 Å². The molecule has 0 N–H and O–H groups in total. The maximum atomic E-state index is 9.18. The van der Waals surface area contributed by atoms with E-state index < -0.39 is 0 Å². The van der Waals surface area contributed by atoms with Crippen LogP contribution in [0.15, 0.2) is 30.3 Å². The lowest BCUT2D eigenvalue weighted by molar-refractivity contribution is -0.128. The molecule has 1 aliphatic carbocycles. The van der Waals surface area contributed by atoms with Crippen molar-refractivity contribution in [2.75, 3.05) is 6.61 Å². The summed E-state index contributed by atoms with van der Waals surface area (Å²) < 4.78 is 9.82. The summed E-state index contributed by atoms with van der Waals surface area (Å²) >= 11 is 0. The molecule has 0 spiro atoms. The first kappa shape index (κ1) is 13.7. The molecule has 1 aliphatic rings. The van der Waals surface area contributed by atoms with E-state index in [-0.39, 0.29) is 0 Å². The third kappa shape index (κ3) is 6.07. The number of carbonyl (C=O) groups is 1. The fourth-order valence-electron chi connectivity index (χ4n) is 1.39. The highest BCUT2D eigenvalue weighted by Gasteiger charge is 2.17. The van der Waals surface area contributed by atoms with Crippen LogP contribution in [0.3, 0.4) is 0 Å². The number of benzene rings is 1. The van der Waals surface area contributed by atoms with Gasteiger partial charge in [-0.3, -0.25) is 4.79 Å². The van der Waals surface area contributed by atoms with Gasteiger partial charge in [-0.1, -0.05) is 30.3 Å². The first-order valence-corrected chi connectivity index (χ1v) is 6.07. The van der Waals surface area contributed by atoms with E-state index in [9.17, 15) is 4.79 Å². The Morgan fingerprint density at radius 3 is 2.41 bits per heavy atom. The smallest absolute Gasteiger partial charge is 0.293 e. The number of hydrogen-bond donors (Lipinski definition) is 0. The van der Waals surface area contributed by atoms with Crippen LogP contribution < -0.4 is 0 Å². The molecule has 0 radical (unpaired) electrons. The third-order valence-electron chi connectivity index (χ3n) is 2.62. The fourth-order valence-corrected chi connectivity index (χ4v) is 1.39. The van der Waals surface area contributed by atoms with Gasteiger partial charge in [-0.25, -0.2) is 0 Å². The molecule has 0 aromatic heterocycles. The number of rotatable bonds is 5. The highest BCUT2D eigenvalue weighted by molar-refractivity contribution is 5.36. The van der Waals surface area contributed by atoms with Crippen molar-refractivity contribution in [1.82, 2.24) is 0 Å². The van der Waals surface area contributed by atoms with E-state index in [2.05, 4.69) is 29.0 Å². The summed E-state index contributed by atoms with van der Waals surface area (Å²) in [6.07, 6.45) is 4.41. The SMILES string of the molecule is CCOC=O.c1ccc(COC2CCC2)cc1. The van der Waals surface area contributed by atoms with Gasteiger partial charge in [-0.05, 0) is 31.7 Å². The zero-order chi connectivity index (χ0) is 12.3. The predicted octanol–water partition coefficient (Wildman–Crippen LogP) is 2.94. The van der Waals surface area contributed by atoms with E-state index in [1.165, 1.54) is 24.8 Å². The van der Waals surface area contributed by atoms with Gasteiger partial charge < -0.3 is 9.47 Å². The molecule has 0 atom stereocenters. The van der Waals surface area contributed by atoms with Crippen LogP contribution in [0.2, 0.25) is 0 Å². The molecule has 1 fully saturated rings. The van der Waals surface area contributed by atoms with Crippen LogP contribution in [0.1, 0.15) is 31.7 Å². The van der Waals surface area contributed by atoms with Gasteiger partial charge in [0.1, 0.15) is 0 Å². The molecule has 1 saturated carbocycles. The van der Waals surface area contributed by atoms with E-state index >= 15 is 0 Å². The molecule has 17 heavy (non-hydrogen) atoms. The second kappa shape index (κ2) is 8.76. The Morgan fingerprint density at radius 1 is 1.29 bits per heavy atom. The van der Waals surface area contributed by atoms with Crippen LogP contribution in [0.25, 0.3) is 0 Å². The fraction of sp³-hybridized carbons (Fsp3) is 0.500. The number of carbonyl (C=O) groups excluding carboxylic acids is 1. The molecule has 1 aromatic rings. The van der Waals surface area contributed by atoms with Crippen molar-refractivity contribution in [2.24, 2.45) is 0 Å². The summed E-state index contributed by atoms with van der Waals surface area (Å²) in [5, 5.41) is 0. The van der Waals surface area contributed by atoms with Crippen molar-refractivity contribution in [3.63, 3.8) is 0 Å². The van der Waals surface area contributed by atoms with E-state index in [4.69, 9.17) is 4.74 Å². The number of ether oxygens (including phenoxy) is 2. The van der Waals surface area contributed by atoms with Gasteiger partial charge in [-0.15, -0.1) is 0 Å². The minimum Gasteiger partial charge on any atom is -0.468 e. The molecular formula is C14H20O3. The van der Waals surface area contributed by atoms with E-state index in [1.54, 1.807) is 6.92 Å². The van der Waals surface area contributed by atoms with Gasteiger partial charge in [0.05, 0.1) is 19.3 Å². The van der Waals surface area contributed by atoms with Crippen molar-refractivity contribution in [2.45, 2.75) is 38.9 Å². The van der Waals surface area contributed by atoms with Crippen molar-refractivity contribution in [3.8, 4) is 0 Å². The van der Waals surface area contributed by atoms with Gasteiger partial charge >= 0.3 is 0 Å². The molecule has 0 bridgehead atoms. The molecule has 0 aliphatic heterocycles. The van der Waals surface area contributed by atoms with Crippen LogP contribution in [0.5, 0.6) is 0 Å². The second-order valence-corrected chi connectivity index (χ2v) is 3.90. The van der Waals surface area contributed by atoms with Gasteiger partial charge in [0.25, 0.3) is 6.47 Å². The van der Waals surface area contributed by atoms with Gasteiger partial charge in [0.2, 0.25) is 0 Å². The van der Waals surface area contributed by atoms with E-state index in [0.717, 1.165) is 6.61 Å². The molecular weight excluding hydrogens is 216 g/mol. The summed E-state index contributed by atoms with van der Waals surface area (Å²) in [5.74, 6) is 0. The van der Waals surface area contributed by atoms with Crippen LogP contribution in [-0.2, 0) is 20.9 Å². The van der Waals surface area contributed by atoms with Crippen molar-refractivity contribution < 1.29 is 14.3 Å². The summed E-state index contributed by atoms with van der Waals surface area (Å²) in [6.45, 7) is 3.45. The quantitative estimate of drug-likeness (QED) is 0.737. The Morgan fingerprint density at radius 2 is 2.00 bits per heavy atom. The van der Waals surface area contributed by atoms with E-state index in [0.29, 0.717) is 19.2 Å². The maximum absolute atomic E-state index is 9.18. The Kier molecular flexibility index (Phi) is 7.07. The minimum atomic E-state index is 0.431. The van der Waals surface area contributed by atoms with Crippen molar-refractivity contribution in [3.05, 3.63) is 35.9 Å². The molecule has 3 heteroatoms. The molecule has 0 saturated heterocycles. The van der Waals surface area contributed by atoms with Gasteiger partial charge in [-0.2, -0.15) is 0 Å². The van der Waals surface area contributed by atoms with Crippen LogP contribution in [0.4, 0.5) is 0 Å². The van der Waals surface area contributed by atoms with Gasteiger partial charge in [0, 0.05) is 0 Å². The summed E-state index contributed by atoms with van der Waals surface area (Å²) in [6, 6.07) is 10.4. The normalized spacial score (nSPS) is 14.2. The molecule has 0 amide bonds. The monoisotopic (exact) mass is 236 g/mol. The summed E-state index contributed by atoms with van der Waals surface area (Å²) in [5.41, 5.74) is 1.28. The van der Waals surface area contributed by atoms with Crippen molar-refractivity contribution in [1.29, 1.82) is 0 Å². The zero-order valence-corrected chi connectivity index (χ0v) is 10.3. The Balaban J connectivity index is 0.000000249. The Hall–Kier alpha value is -1.35. The molecule has 0 unspecified atom stereocenters. The molecule has 0 heterocycles. The lowest BCUT2D eigenvalue weighted by Gasteiger charge is -2.25. The maximum Gasteiger partial charge on any atom is 0.293 e. The zero-order valence-electron chi connectivity index (χ0n) is 10.3. The highest BCUT2D eigenvalue weighted by atomic mass is 16.5. The second-order valence-electron chi connectivity index (χ2n) is 3.90. The lowest BCUT2D eigenvalue weighted by Crippen LogP contribution is -2.21. The largest absolute Gasteiger partial charge is 0.468 e. The third-order valence-corrected chi connectivity index (χ3v) is 2.62. The van der Waals surface area contributed by atoms with Crippen LogP contribution >= 0.6 is 0 Å². The van der Waals surface area contributed by atoms with Crippen LogP contribution in [0, 0.1) is 0 Å². The first-order chi connectivity index (χ1) is 8.36. The average molecular weight is 236 g/mol. The molecule has 1 aromatic carbocycles. The van der Waals surface area contributed by atoms with Gasteiger partial charge in [0.15, 0.2) is 0 Å². The molecule has 2 rings (SSSR count). The highest BCUT2D eigenvalue weighted by Crippen LogP contribution is 2.22.